The Morgan fingerprint density at radius 1 is 1.00 bits per heavy atom. The Bertz CT molecular complexity index is 1370. The fourth-order valence-electron chi connectivity index (χ4n) is 5.39. The molecule has 3 N–H and O–H groups in total. The normalized spacial score (nSPS) is 15.9. The molecule has 0 saturated carbocycles. The molecule has 1 aliphatic rings. The van der Waals surface area contributed by atoms with E-state index in [1.807, 2.05) is 24.4 Å². The van der Waals surface area contributed by atoms with Gasteiger partial charge in [-0.05, 0) is 59.6 Å². The molecule has 0 aliphatic carbocycles. The lowest BCUT2D eigenvalue weighted by Gasteiger charge is -2.34. The molecule has 1 aliphatic heterocycles. The molecule has 7 heteroatoms. The summed E-state index contributed by atoms with van der Waals surface area (Å²) < 4.78 is 0. The number of hydrogen-bond donors (Lipinski definition) is 3. The summed E-state index contributed by atoms with van der Waals surface area (Å²) in [7, 11) is 0. The van der Waals surface area contributed by atoms with Gasteiger partial charge in [0.25, 0.3) is 0 Å². The van der Waals surface area contributed by atoms with Crippen molar-refractivity contribution in [1.82, 2.24) is 15.0 Å². The van der Waals surface area contributed by atoms with Crippen molar-refractivity contribution in [2.45, 2.75) is 58.3 Å². The highest BCUT2D eigenvalue weighted by Gasteiger charge is 2.24. The van der Waals surface area contributed by atoms with E-state index in [4.69, 9.17) is 0 Å². The lowest BCUT2D eigenvalue weighted by atomic mass is 9.90. The maximum Gasteiger partial charge on any atom is 0.323 e. The predicted octanol–water partition coefficient (Wildman–Crippen LogP) is 7.23. The van der Waals surface area contributed by atoms with Crippen molar-refractivity contribution < 1.29 is 4.79 Å². The molecule has 1 fully saturated rings. The monoisotopic (exact) mass is 496 g/mol. The first kappa shape index (κ1) is 24.8. The number of fused-ring (bicyclic) bond motifs is 1. The Kier molecular flexibility index (Phi) is 7.12. The maximum absolute atomic E-state index is 13.1. The summed E-state index contributed by atoms with van der Waals surface area (Å²) in [6.45, 7) is 10.5. The van der Waals surface area contributed by atoms with Gasteiger partial charge in [-0.3, -0.25) is 0 Å². The third-order valence-electron chi connectivity index (χ3n) is 7.28. The number of piperidine rings is 1. The van der Waals surface area contributed by atoms with Crippen molar-refractivity contribution in [3.05, 3.63) is 77.7 Å². The van der Waals surface area contributed by atoms with E-state index in [-0.39, 0.29) is 6.03 Å². The van der Waals surface area contributed by atoms with Gasteiger partial charge in [-0.15, -0.1) is 0 Å². The van der Waals surface area contributed by atoms with Crippen LogP contribution in [0.3, 0.4) is 0 Å². The molecule has 1 saturated heterocycles. The van der Waals surface area contributed by atoms with Gasteiger partial charge < -0.3 is 20.5 Å². The Balaban J connectivity index is 1.32. The average molecular weight is 497 g/mol. The Hall–Kier alpha value is -3.87. The van der Waals surface area contributed by atoms with Crippen molar-refractivity contribution in [3.8, 4) is 0 Å². The topological polar surface area (TPSA) is 85.9 Å². The van der Waals surface area contributed by atoms with E-state index in [9.17, 15) is 4.79 Å². The minimum atomic E-state index is -0.215. The maximum atomic E-state index is 13.1. The highest BCUT2D eigenvalue weighted by Crippen LogP contribution is 2.34. The van der Waals surface area contributed by atoms with Gasteiger partial charge in [-0.25, -0.2) is 14.8 Å². The van der Waals surface area contributed by atoms with Crippen LogP contribution in [0.4, 0.5) is 22.0 Å². The molecule has 2 amide bonds. The fraction of sp³-hybridized carbons (Fsp3) is 0.367. The minimum Gasteiger partial charge on any atom is -0.355 e. The molecule has 2 aromatic heterocycles. The van der Waals surface area contributed by atoms with Crippen molar-refractivity contribution in [1.29, 1.82) is 0 Å². The number of hydrogen-bond acceptors (Lipinski definition) is 4. The number of nitrogens with zero attached hydrogens (tertiary/aromatic N) is 3. The molecular weight excluding hydrogens is 460 g/mol. The standard InChI is InChI=1S/C30H36N6O/c1-19(2)24-11-6-12-25(20(3)4)27(24)35-30(37)34-23-10-5-8-21(16-23)22-9-7-15-36(17-22)29-26-13-14-31-28(26)32-18-33-29/h5-6,8,10-14,16,18-20,22H,7,9,15,17H2,1-4H3,(H,31,32,33)(H2,34,35,37). The van der Waals surface area contributed by atoms with Crippen LogP contribution in [-0.4, -0.2) is 34.1 Å². The first-order chi connectivity index (χ1) is 17.9. The molecular formula is C30H36N6O. The average Bonchev–Trinajstić information content (AvgIpc) is 3.38. The second-order valence-electron chi connectivity index (χ2n) is 10.5. The molecule has 3 heterocycles. The molecule has 0 radical (unpaired) electrons. The van der Waals surface area contributed by atoms with Crippen LogP contribution >= 0.6 is 0 Å². The largest absolute Gasteiger partial charge is 0.355 e. The second-order valence-corrected chi connectivity index (χ2v) is 10.5. The third-order valence-corrected chi connectivity index (χ3v) is 7.28. The molecule has 192 valence electrons. The smallest absolute Gasteiger partial charge is 0.323 e. The van der Waals surface area contributed by atoms with Crippen LogP contribution in [0.25, 0.3) is 11.0 Å². The van der Waals surface area contributed by atoms with Gasteiger partial charge in [0.1, 0.15) is 17.8 Å². The molecule has 1 unspecified atom stereocenters. The minimum absolute atomic E-state index is 0.215. The van der Waals surface area contributed by atoms with E-state index in [0.717, 1.165) is 65.3 Å². The van der Waals surface area contributed by atoms with Crippen LogP contribution in [0.1, 0.15) is 75.0 Å². The van der Waals surface area contributed by atoms with Crippen LogP contribution in [0.5, 0.6) is 0 Å². The molecule has 4 aromatic rings. The second kappa shape index (κ2) is 10.6. The van der Waals surface area contributed by atoms with Crippen molar-refractivity contribution >= 4 is 34.3 Å². The molecule has 0 bridgehead atoms. The summed E-state index contributed by atoms with van der Waals surface area (Å²) in [6, 6.07) is 16.3. The number of nitrogens with one attached hydrogen (secondary N) is 3. The molecule has 0 spiro atoms. The van der Waals surface area contributed by atoms with Gasteiger partial charge >= 0.3 is 6.03 Å². The van der Waals surface area contributed by atoms with Crippen LogP contribution in [0.2, 0.25) is 0 Å². The number of carbonyl (C=O) groups excluding carboxylic acids is 1. The van der Waals surface area contributed by atoms with Crippen LogP contribution in [0.15, 0.2) is 61.1 Å². The summed E-state index contributed by atoms with van der Waals surface area (Å²) in [5, 5.41) is 7.29. The molecule has 1 atom stereocenters. The summed E-state index contributed by atoms with van der Waals surface area (Å²) in [5.41, 5.74) is 6.12. The predicted molar refractivity (Wildman–Crippen MR) is 152 cm³/mol. The highest BCUT2D eigenvalue weighted by molar-refractivity contribution is 6.01. The summed E-state index contributed by atoms with van der Waals surface area (Å²) >= 11 is 0. The number of H-pyrrole nitrogens is 1. The van der Waals surface area contributed by atoms with E-state index >= 15 is 0 Å². The summed E-state index contributed by atoms with van der Waals surface area (Å²) in [6.07, 6.45) is 5.73. The van der Waals surface area contributed by atoms with Gasteiger partial charge in [-0.1, -0.05) is 58.0 Å². The van der Waals surface area contributed by atoms with Gasteiger partial charge in [0, 0.05) is 36.6 Å². The van der Waals surface area contributed by atoms with Crippen LogP contribution in [0, 0.1) is 0 Å². The number of carbonyl (C=O) groups is 1. The Labute approximate surface area is 218 Å². The van der Waals surface area contributed by atoms with Crippen molar-refractivity contribution in [3.63, 3.8) is 0 Å². The zero-order valence-corrected chi connectivity index (χ0v) is 22.1. The van der Waals surface area contributed by atoms with E-state index in [1.54, 1.807) is 6.33 Å². The number of rotatable bonds is 6. The number of benzene rings is 2. The summed E-state index contributed by atoms with van der Waals surface area (Å²) in [5.74, 6) is 1.97. The van der Waals surface area contributed by atoms with Crippen molar-refractivity contribution in [2.24, 2.45) is 0 Å². The van der Waals surface area contributed by atoms with E-state index in [2.05, 4.69) is 88.5 Å². The van der Waals surface area contributed by atoms with E-state index < -0.39 is 0 Å². The molecule has 37 heavy (non-hydrogen) atoms. The molecule has 2 aromatic carbocycles. The third kappa shape index (κ3) is 5.31. The summed E-state index contributed by atoms with van der Waals surface area (Å²) in [4.78, 5) is 27.6. The van der Waals surface area contributed by atoms with Gasteiger partial charge in [0.2, 0.25) is 0 Å². The van der Waals surface area contributed by atoms with Crippen LogP contribution < -0.4 is 15.5 Å². The van der Waals surface area contributed by atoms with Crippen LogP contribution in [-0.2, 0) is 0 Å². The van der Waals surface area contributed by atoms with Crippen molar-refractivity contribution in [2.75, 3.05) is 28.6 Å². The number of urea groups is 1. The Morgan fingerprint density at radius 2 is 1.76 bits per heavy atom. The first-order valence-electron chi connectivity index (χ1n) is 13.2. The number of amides is 2. The van der Waals surface area contributed by atoms with E-state index in [1.165, 1.54) is 5.56 Å². The van der Waals surface area contributed by atoms with E-state index in [0.29, 0.717) is 17.8 Å². The number of aromatic amines is 1. The SMILES string of the molecule is CC(C)c1cccc(C(C)C)c1NC(=O)Nc1cccc(C2CCCN(c3ncnc4[nH]ccc34)C2)c1. The first-order valence-corrected chi connectivity index (χ1v) is 13.2. The fourth-order valence-corrected chi connectivity index (χ4v) is 5.39. The van der Waals surface area contributed by atoms with Gasteiger partial charge in [0.15, 0.2) is 0 Å². The van der Waals surface area contributed by atoms with Gasteiger partial charge in [0.05, 0.1) is 5.39 Å². The zero-order chi connectivity index (χ0) is 25.9. The number of anilines is 3. The lowest BCUT2D eigenvalue weighted by molar-refractivity contribution is 0.262. The number of para-hydroxylation sites is 1. The Morgan fingerprint density at radius 3 is 2.51 bits per heavy atom. The molecule has 7 nitrogen and oxygen atoms in total. The molecule has 5 rings (SSSR count). The quantitative estimate of drug-likeness (QED) is 0.263. The lowest BCUT2D eigenvalue weighted by Crippen LogP contribution is -2.35. The van der Waals surface area contributed by atoms with Gasteiger partial charge in [-0.2, -0.15) is 0 Å². The highest BCUT2D eigenvalue weighted by atomic mass is 16.2. The zero-order valence-electron chi connectivity index (χ0n) is 22.1. The number of aromatic nitrogens is 3.